The Bertz CT molecular complexity index is 363. The molecular weight excluding hydrogens is 191 g/mol. The molecule has 1 heterocycles. The number of anilines is 2. The lowest BCUT2D eigenvalue weighted by Crippen LogP contribution is -2.32. The molecule has 0 spiro atoms. The molecule has 1 atom stereocenters. The van der Waals surface area contributed by atoms with Crippen molar-refractivity contribution in [1.29, 1.82) is 0 Å². The third kappa shape index (κ3) is 2.06. The van der Waals surface area contributed by atoms with E-state index in [1.165, 1.54) is 0 Å². The minimum absolute atomic E-state index is 0.142. The van der Waals surface area contributed by atoms with Crippen molar-refractivity contribution < 1.29 is 4.39 Å². The predicted octanol–water partition coefficient (Wildman–Crippen LogP) is 3.14. The van der Waals surface area contributed by atoms with Gasteiger partial charge in [-0.3, -0.25) is 0 Å². The number of halogens is 1. The molecule has 1 aromatic rings. The molecule has 0 saturated heterocycles. The van der Waals surface area contributed by atoms with Crippen molar-refractivity contribution >= 4 is 11.4 Å². The van der Waals surface area contributed by atoms with Crippen LogP contribution in [0.2, 0.25) is 0 Å². The van der Waals surface area contributed by atoms with Gasteiger partial charge in [-0.2, -0.15) is 0 Å². The summed E-state index contributed by atoms with van der Waals surface area (Å²) in [6.07, 6.45) is 2.30. The fraction of sp³-hybridized carbons (Fsp3) is 0.500. The van der Waals surface area contributed by atoms with Crippen LogP contribution in [0.4, 0.5) is 15.8 Å². The topological polar surface area (TPSA) is 24.1 Å². The first-order valence-electron chi connectivity index (χ1n) is 5.51. The van der Waals surface area contributed by atoms with E-state index < -0.39 is 0 Å². The Morgan fingerprint density at radius 1 is 1.40 bits per heavy atom. The second kappa shape index (κ2) is 4.09. The highest BCUT2D eigenvalue weighted by Gasteiger charge is 2.17. The third-order valence-electron chi connectivity index (χ3n) is 2.83. The highest BCUT2D eigenvalue weighted by atomic mass is 19.1. The van der Waals surface area contributed by atoms with E-state index in [1.54, 1.807) is 13.0 Å². The van der Waals surface area contributed by atoms with E-state index in [4.69, 9.17) is 0 Å². The summed E-state index contributed by atoms with van der Waals surface area (Å²) < 4.78 is 13.3. The lowest BCUT2D eigenvalue weighted by molar-refractivity contribution is 0.615. The van der Waals surface area contributed by atoms with E-state index in [0.29, 0.717) is 11.6 Å². The molecule has 2 nitrogen and oxygen atoms in total. The van der Waals surface area contributed by atoms with Gasteiger partial charge in [0.1, 0.15) is 5.82 Å². The molecule has 1 unspecified atom stereocenters. The van der Waals surface area contributed by atoms with Crippen LogP contribution < -0.4 is 10.6 Å². The van der Waals surface area contributed by atoms with Gasteiger partial charge in [0.25, 0.3) is 0 Å². The monoisotopic (exact) mass is 208 g/mol. The molecule has 3 heteroatoms. The number of hydrogen-bond acceptors (Lipinski definition) is 2. The first kappa shape index (κ1) is 10.3. The van der Waals surface area contributed by atoms with Gasteiger partial charge < -0.3 is 10.6 Å². The smallest absolute Gasteiger partial charge is 0.128 e. The molecule has 2 N–H and O–H groups in total. The standard InChI is InChI=1S/C12H17FN2/c1-3-4-9-7-14-11-6-10(13)8(2)5-12(11)15-9/h5-6,9,14-15H,3-4,7H2,1-2H3. The predicted molar refractivity (Wildman–Crippen MR) is 61.9 cm³/mol. The lowest BCUT2D eigenvalue weighted by atomic mass is 10.1. The molecule has 0 bridgehead atoms. The highest BCUT2D eigenvalue weighted by molar-refractivity contribution is 5.72. The van der Waals surface area contributed by atoms with Crippen LogP contribution in [0.1, 0.15) is 25.3 Å². The van der Waals surface area contributed by atoms with E-state index in [0.717, 1.165) is 30.8 Å². The summed E-state index contributed by atoms with van der Waals surface area (Å²) in [5.41, 5.74) is 2.60. The van der Waals surface area contributed by atoms with Crippen molar-refractivity contribution in [2.75, 3.05) is 17.2 Å². The van der Waals surface area contributed by atoms with Gasteiger partial charge in [-0.15, -0.1) is 0 Å². The zero-order valence-corrected chi connectivity index (χ0v) is 9.23. The first-order chi connectivity index (χ1) is 7.20. The molecular formula is C12H17FN2. The number of fused-ring (bicyclic) bond motifs is 1. The van der Waals surface area contributed by atoms with Crippen LogP contribution in [0.15, 0.2) is 12.1 Å². The average molecular weight is 208 g/mol. The third-order valence-corrected chi connectivity index (χ3v) is 2.83. The van der Waals surface area contributed by atoms with Crippen molar-refractivity contribution in [3.8, 4) is 0 Å². The van der Waals surface area contributed by atoms with Crippen LogP contribution in [0, 0.1) is 12.7 Å². The number of aryl methyl sites for hydroxylation is 1. The minimum Gasteiger partial charge on any atom is -0.381 e. The Morgan fingerprint density at radius 2 is 2.20 bits per heavy atom. The van der Waals surface area contributed by atoms with Gasteiger partial charge in [0.2, 0.25) is 0 Å². The molecule has 0 radical (unpaired) electrons. The zero-order valence-electron chi connectivity index (χ0n) is 9.23. The largest absolute Gasteiger partial charge is 0.381 e. The van der Waals surface area contributed by atoms with Crippen LogP contribution >= 0.6 is 0 Å². The molecule has 2 rings (SSSR count). The maximum absolute atomic E-state index is 13.3. The van der Waals surface area contributed by atoms with Crippen LogP contribution in [0.3, 0.4) is 0 Å². The fourth-order valence-electron chi connectivity index (χ4n) is 1.97. The summed E-state index contributed by atoms with van der Waals surface area (Å²) in [6.45, 7) is 4.84. The van der Waals surface area contributed by atoms with Crippen molar-refractivity contribution in [1.82, 2.24) is 0 Å². The van der Waals surface area contributed by atoms with Crippen molar-refractivity contribution in [3.05, 3.63) is 23.5 Å². The van der Waals surface area contributed by atoms with E-state index >= 15 is 0 Å². The molecule has 0 amide bonds. The Morgan fingerprint density at radius 3 is 2.93 bits per heavy atom. The summed E-state index contributed by atoms with van der Waals surface area (Å²) in [7, 11) is 0. The number of hydrogen-bond donors (Lipinski definition) is 2. The second-order valence-corrected chi connectivity index (χ2v) is 4.16. The van der Waals surface area contributed by atoms with Crippen molar-refractivity contribution in [3.63, 3.8) is 0 Å². The Kier molecular flexibility index (Phi) is 2.80. The van der Waals surface area contributed by atoms with E-state index in [-0.39, 0.29) is 5.82 Å². The highest BCUT2D eigenvalue weighted by Crippen LogP contribution is 2.29. The van der Waals surface area contributed by atoms with Gasteiger partial charge in [0.05, 0.1) is 11.4 Å². The second-order valence-electron chi connectivity index (χ2n) is 4.16. The molecule has 0 saturated carbocycles. The molecule has 0 aromatic heterocycles. The summed E-state index contributed by atoms with van der Waals surface area (Å²) >= 11 is 0. The number of nitrogens with one attached hydrogen (secondary N) is 2. The molecule has 82 valence electrons. The Hall–Kier alpha value is -1.25. The normalized spacial score (nSPS) is 19.0. The van der Waals surface area contributed by atoms with Crippen LogP contribution in [0.5, 0.6) is 0 Å². The summed E-state index contributed by atoms with van der Waals surface area (Å²) in [5.74, 6) is -0.142. The summed E-state index contributed by atoms with van der Waals surface area (Å²) in [5, 5.41) is 6.70. The minimum atomic E-state index is -0.142. The SMILES string of the molecule is CCCC1CNc2cc(F)c(C)cc2N1. The van der Waals surface area contributed by atoms with Gasteiger partial charge in [-0.1, -0.05) is 13.3 Å². The fourth-order valence-corrected chi connectivity index (χ4v) is 1.97. The molecule has 1 aromatic carbocycles. The average Bonchev–Trinajstić information content (AvgIpc) is 2.21. The van der Waals surface area contributed by atoms with Gasteiger partial charge in [-0.25, -0.2) is 4.39 Å². The van der Waals surface area contributed by atoms with Gasteiger partial charge in [0.15, 0.2) is 0 Å². The van der Waals surface area contributed by atoms with Crippen molar-refractivity contribution in [2.45, 2.75) is 32.7 Å². The first-order valence-corrected chi connectivity index (χ1v) is 5.51. The molecule has 1 aliphatic rings. The lowest BCUT2D eigenvalue weighted by Gasteiger charge is -2.28. The van der Waals surface area contributed by atoms with Gasteiger partial charge in [0, 0.05) is 12.6 Å². The molecule has 0 fully saturated rings. The van der Waals surface area contributed by atoms with Crippen LogP contribution in [-0.4, -0.2) is 12.6 Å². The number of benzene rings is 1. The Labute approximate surface area is 89.9 Å². The van der Waals surface area contributed by atoms with Gasteiger partial charge in [-0.05, 0) is 31.0 Å². The molecule has 1 aliphatic heterocycles. The zero-order chi connectivity index (χ0) is 10.8. The van der Waals surface area contributed by atoms with E-state index in [2.05, 4.69) is 17.6 Å². The van der Waals surface area contributed by atoms with Crippen LogP contribution in [0.25, 0.3) is 0 Å². The Balaban J connectivity index is 2.22. The quantitative estimate of drug-likeness (QED) is 0.780. The number of rotatable bonds is 2. The maximum Gasteiger partial charge on any atom is 0.128 e. The van der Waals surface area contributed by atoms with Gasteiger partial charge >= 0.3 is 0 Å². The van der Waals surface area contributed by atoms with Crippen molar-refractivity contribution in [2.24, 2.45) is 0 Å². The summed E-state index contributed by atoms with van der Waals surface area (Å²) in [4.78, 5) is 0. The summed E-state index contributed by atoms with van der Waals surface area (Å²) in [6, 6.07) is 3.91. The maximum atomic E-state index is 13.3. The van der Waals surface area contributed by atoms with E-state index in [1.807, 2.05) is 6.07 Å². The van der Waals surface area contributed by atoms with Crippen LogP contribution in [-0.2, 0) is 0 Å². The molecule has 0 aliphatic carbocycles. The van der Waals surface area contributed by atoms with E-state index in [9.17, 15) is 4.39 Å². The molecule has 15 heavy (non-hydrogen) atoms.